The molecule has 130 valence electrons. The fourth-order valence-electron chi connectivity index (χ4n) is 2.60. The quantitative estimate of drug-likeness (QED) is 0.746. The van der Waals surface area contributed by atoms with Gasteiger partial charge in [0.15, 0.2) is 0 Å². The van der Waals surface area contributed by atoms with Crippen molar-refractivity contribution >= 4 is 5.91 Å². The van der Waals surface area contributed by atoms with Crippen molar-refractivity contribution < 1.29 is 9.21 Å². The number of rotatable bonds is 6. The largest absolute Gasteiger partial charge is 0.421 e. The Hall–Kier alpha value is -2.96. The van der Waals surface area contributed by atoms with E-state index in [0.717, 1.165) is 16.8 Å². The molecule has 0 aliphatic carbocycles. The lowest BCUT2D eigenvalue weighted by atomic mass is 10.1. The molecule has 0 unspecified atom stereocenters. The van der Waals surface area contributed by atoms with Crippen LogP contribution < -0.4 is 5.32 Å². The van der Waals surface area contributed by atoms with Crippen molar-refractivity contribution in [1.82, 2.24) is 25.3 Å². The maximum atomic E-state index is 12.2. The smallest absolute Gasteiger partial charge is 0.247 e. The molecule has 0 saturated heterocycles. The number of nitrogens with zero attached hydrogens (tertiary/aromatic N) is 4. The first-order chi connectivity index (χ1) is 12.0. The Morgan fingerprint density at radius 3 is 2.72 bits per heavy atom. The Labute approximate surface area is 146 Å². The van der Waals surface area contributed by atoms with E-state index in [2.05, 4.69) is 20.6 Å². The monoisotopic (exact) mass is 339 g/mol. The third-order valence-corrected chi connectivity index (χ3v) is 4.17. The molecule has 1 amide bonds. The van der Waals surface area contributed by atoms with Gasteiger partial charge in [0.1, 0.15) is 0 Å². The van der Waals surface area contributed by atoms with E-state index in [1.807, 2.05) is 51.2 Å². The number of aryl methyl sites for hydroxylation is 2. The minimum atomic E-state index is -0.0937. The number of carbonyl (C=O) groups excluding carboxylic acids is 1. The molecule has 1 atom stereocenters. The van der Waals surface area contributed by atoms with Gasteiger partial charge in [0.2, 0.25) is 17.7 Å². The molecule has 0 saturated carbocycles. The lowest BCUT2D eigenvalue weighted by Crippen LogP contribution is -2.27. The Kier molecular flexibility index (Phi) is 4.92. The highest BCUT2D eigenvalue weighted by Gasteiger charge is 2.15. The topological polar surface area (TPSA) is 85.8 Å². The molecule has 1 aromatic carbocycles. The van der Waals surface area contributed by atoms with Crippen molar-refractivity contribution in [2.24, 2.45) is 7.05 Å². The molecule has 1 N–H and O–H groups in total. The summed E-state index contributed by atoms with van der Waals surface area (Å²) >= 11 is 0. The molecule has 0 spiro atoms. The van der Waals surface area contributed by atoms with Gasteiger partial charge >= 0.3 is 0 Å². The van der Waals surface area contributed by atoms with Gasteiger partial charge in [-0.3, -0.25) is 9.48 Å². The highest BCUT2D eigenvalue weighted by molar-refractivity contribution is 5.76. The van der Waals surface area contributed by atoms with Crippen molar-refractivity contribution in [3.63, 3.8) is 0 Å². The normalized spacial score (nSPS) is 12.1. The van der Waals surface area contributed by atoms with E-state index < -0.39 is 0 Å². The summed E-state index contributed by atoms with van der Waals surface area (Å²) in [4.78, 5) is 12.2. The van der Waals surface area contributed by atoms with Gasteiger partial charge in [-0.1, -0.05) is 18.2 Å². The zero-order valence-corrected chi connectivity index (χ0v) is 14.6. The number of benzene rings is 1. The second-order valence-electron chi connectivity index (χ2n) is 5.97. The third kappa shape index (κ3) is 3.93. The molecule has 7 heteroatoms. The maximum absolute atomic E-state index is 12.2. The summed E-state index contributed by atoms with van der Waals surface area (Å²) in [6.07, 6.45) is 2.48. The fraction of sp³-hybridized carbons (Fsp3) is 0.333. The second-order valence-corrected chi connectivity index (χ2v) is 5.97. The zero-order chi connectivity index (χ0) is 17.8. The number of nitrogens with one attached hydrogen (secondary N) is 1. The third-order valence-electron chi connectivity index (χ3n) is 4.17. The summed E-state index contributed by atoms with van der Waals surface area (Å²) in [5.41, 5.74) is 2.92. The molecule has 0 aliphatic heterocycles. The van der Waals surface area contributed by atoms with Gasteiger partial charge < -0.3 is 9.73 Å². The molecule has 2 aromatic heterocycles. The molecular formula is C18H21N5O2. The van der Waals surface area contributed by atoms with E-state index in [4.69, 9.17) is 4.42 Å². The van der Waals surface area contributed by atoms with Crippen molar-refractivity contribution in [3.8, 4) is 11.5 Å². The summed E-state index contributed by atoms with van der Waals surface area (Å²) in [5, 5.41) is 15.2. The van der Waals surface area contributed by atoms with E-state index in [1.165, 1.54) is 0 Å². The predicted octanol–water partition coefficient (Wildman–Crippen LogP) is 2.59. The summed E-state index contributed by atoms with van der Waals surface area (Å²) in [7, 11) is 1.88. The number of aromatic nitrogens is 4. The Morgan fingerprint density at radius 2 is 2.04 bits per heavy atom. The predicted molar refractivity (Wildman–Crippen MR) is 92.6 cm³/mol. The lowest BCUT2D eigenvalue weighted by molar-refractivity contribution is -0.121. The fourth-order valence-corrected chi connectivity index (χ4v) is 2.60. The molecule has 0 bridgehead atoms. The van der Waals surface area contributed by atoms with Crippen LogP contribution in [-0.4, -0.2) is 25.9 Å². The van der Waals surface area contributed by atoms with Crippen LogP contribution in [0.1, 0.15) is 36.5 Å². The van der Waals surface area contributed by atoms with E-state index in [-0.39, 0.29) is 11.9 Å². The van der Waals surface area contributed by atoms with Crippen LogP contribution in [0.3, 0.4) is 0 Å². The van der Waals surface area contributed by atoms with Gasteiger partial charge in [-0.15, -0.1) is 10.2 Å². The van der Waals surface area contributed by atoms with Crippen LogP contribution in [0.15, 0.2) is 40.9 Å². The van der Waals surface area contributed by atoms with Crippen molar-refractivity contribution in [1.29, 1.82) is 0 Å². The molecule has 0 radical (unpaired) electrons. The first kappa shape index (κ1) is 16.9. The van der Waals surface area contributed by atoms with Gasteiger partial charge in [-0.2, -0.15) is 5.10 Å². The van der Waals surface area contributed by atoms with Crippen LogP contribution in [0, 0.1) is 6.92 Å². The lowest BCUT2D eigenvalue weighted by Gasteiger charge is -2.13. The molecule has 0 aliphatic rings. The summed E-state index contributed by atoms with van der Waals surface area (Å²) in [6.45, 7) is 3.93. The molecule has 7 nitrogen and oxygen atoms in total. The van der Waals surface area contributed by atoms with Gasteiger partial charge in [-0.25, -0.2) is 0 Å². The minimum absolute atomic E-state index is 0.0600. The first-order valence-corrected chi connectivity index (χ1v) is 8.20. The Bertz CT molecular complexity index is 853. The highest BCUT2D eigenvalue weighted by Crippen LogP contribution is 2.18. The summed E-state index contributed by atoms with van der Waals surface area (Å²) in [5.74, 6) is 0.866. The van der Waals surface area contributed by atoms with Crippen LogP contribution in [0.5, 0.6) is 0 Å². The van der Waals surface area contributed by atoms with Crippen LogP contribution in [-0.2, 0) is 18.3 Å². The second kappa shape index (κ2) is 7.29. The van der Waals surface area contributed by atoms with Crippen molar-refractivity contribution in [2.75, 3.05) is 0 Å². The van der Waals surface area contributed by atoms with E-state index >= 15 is 0 Å². The standard InChI is InChI=1S/C18H21N5O2/c1-12(15-11-19-23(3)13(15)2)20-16(24)9-10-17-21-22-18(25-17)14-7-5-4-6-8-14/h4-8,11-12H,9-10H2,1-3H3,(H,20,24)/t12-/m0/s1. The van der Waals surface area contributed by atoms with Crippen LogP contribution >= 0.6 is 0 Å². The maximum Gasteiger partial charge on any atom is 0.247 e. The molecule has 25 heavy (non-hydrogen) atoms. The van der Waals surface area contributed by atoms with Crippen molar-refractivity contribution in [3.05, 3.63) is 53.7 Å². The number of hydrogen-bond donors (Lipinski definition) is 1. The molecule has 3 aromatic rings. The Morgan fingerprint density at radius 1 is 1.28 bits per heavy atom. The SMILES string of the molecule is Cc1c([C@H](C)NC(=O)CCc2nnc(-c3ccccc3)o2)cnn1C. The van der Waals surface area contributed by atoms with Gasteiger partial charge in [0.05, 0.1) is 12.2 Å². The van der Waals surface area contributed by atoms with E-state index in [0.29, 0.717) is 24.6 Å². The molecule has 0 fully saturated rings. The van der Waals surface area contributed by atoms with Crippen LogP contribution in [0.2, 0.25) is 0 Å². The number of hydrogen-bond acceptors (Lipinski definition) is 5. The van der Waals surface area contributed by atoms with Gasteiger partial charge in [0, 0.05) is 36.7 Å². The van der Waals surface area contributed by atoms with Crippen molar-refractivity contribution in [2.45, 2.75) is 32.7 Å². The number of carbonyl (C=O) groups is 1. The van der Waals surface area contributed by atoms with Crippen LogP contribution in [0.25, 0.3) is 11.5 Å². The summed E-state index contributed by atoms with van der Waals surface area (Å²) in [6, 6.07) is 9.46. The number of amides is 1. The van der Waals surface area contributed by atoms with E-state index in [9.17, 15) is 4.79 Å². The molecule has 3 rings (SSSR count). The molecular weight excluding hydrogens is 318 g/mol. The molecule has 2 heterocycles. The Balaban J connectivity index is 1.54. The van der Waals surface area contributed by atoms with E-state index in [1.54, 1.807) is 10.9 Å². The van der Waals surface area contributed by atoms with Gasteiger partial charge in [0.25, 0.3) is 0 Å². The first-order valence-electron chi connectivity index (χ1n) is 8.20. The zero-order valence-electron chi connectivity index (χ0n) is 14.6. The average Bonchev–Trinajstić information content (AvgIpc) is 3.21. The average molecular weight is 339 g/mol. The minimum Gasteiger partial charge on any atom is -0.421 e. The summed E-state index contributed by atoms with van der Waals surface area (Å²) < 4.78 is 7.41. The van der Waals surface area contributed by atoms with Crippen LogP contribution in [0.4, 0.5) is 0 Å². The highest BCUT2D eigenvalue weighted by atomic mass is 16.4. The van der Waals surface area contributed by atoms with Gasteiger partial charge in [-0.05, 0) is 26.0 Å².